The number of anilines is 1. The smallest absolute Gasteiger partial charge is 0.294 e. The molecule has 0 atom stereocenters. The van der Waals surface area contributed by atoms with Gasteiger partial charge in [0.15, 0.2) is 11.5 Å². The van der Waals surface area contributed by atoms with Gasteiger partial charge in [-0.3, -0.25) is 14.5 Å². The normalized spacial score (nSPS) is 13.9. The van der Waals surface area contributed by atoms with Gasteiger partial charge in [-0.05, 0) is 55.3 Å². The van der Waals surface area contributed by atoms with E-state index >= 15 is 0 Å². The van der Waals surface area contributed by atoms with Crippen molar-refractivity contribution in [3.05, 3.63) is 101 Å². The van der Waals surface area contributed by atoms with E-state index in [-0.39, 0.29) is 29.9 Å². The molecule has 0 saturated heterocycles. The van der Waals surface area contributed by atoms with Gasteiger partial charge < -0.3 is 14.8 Å². The molecule has 0 saturated carbocycles. The van der Waals surface area contributed by atoms with Crippen LogP contribution in [0.25, 0.3) is 6.08 Å². The van der Waals surface area contributed by atoms with Crippen LogP contribution in [0.3, 0.4) is 0 Å². The van der Waals surface area contributed by atoms with E-state index in [1.54, 1.807) is 66.7 Å². The Kier molecular flexibility index (Phi) is 7.90. The molecule has 1 N–H and O–H groups in total. The van der Waals surface area contributed by atoms with Gasteiger partial charge in [0, 0.05) is 30.9 Å². The predicted octanol–water partition coefficient (Wildman–Crippen LogP) is 4.95. The number of hydrogen-bond donors (Lipinski definition) is 1. The number of amides is 2. The highest BCUT2D eigenvalue weighted by Gasteiger charge is 2.30. The minimum Gasteiger partial charge on any atom is -0.449 e. The van der Waals surface area contributed by atoms with Crippen molar-refractivity contribution in [1.82, 2.24) is 5.32 Å². The van der Waals surface area contributed by atoms with Gasteiger partial charge in [-0.15, -0.1) is 0 Å². The molecule has 0 radical (unpaired) electrons. The lowest BCUT2D eigenvalue weighted by Crippen LogP contribution is -2.37. The number of ether oxygens (including phenoxy) is 2. The molecule has 3 aromatic carbocycles. The third-order valence-electron chi connectivity index (χ3n) is 5.54. The van der Waals surface area contributed by atoms with Crippen LogP contribution in [0.2, 0.25) is 0 Å². The Bertz CT molecular complexity index is 1220. The summed E-state index contributed by atoms with van der Waals surface area (Å²) in [6.07, 6.45) is 2.37. The van der Waals surface area contributed by atoms with E-state index in [2.05, 4.69) is 5.32 Å². The van der Waals surface area contributed by atoms with Crippen LogP contribution in [0.15, 0.2) is 78.6 Å². The number of fused-ring (bicyclic) bond motifs is 1. The maximum atomic E-state index is 14.3. The van der Waals surface area contributed by atoms with Gasteiger partial charge in [0.05, 0.1) is 12.2 Å². The summed E-state index contributed by atoms with van der Waals surface area (Å²) in [4.78, 5) is 27.1. The fourth-order valence-corrected chi connectivity index (χ4v) is 3.72. The summed E-state index contributed by atoms with van der Waals surface area (Å²) in [5.74, 6) is -0.286. The molecule has 35 heavy (non-hydrogen) atoms. The van der Waals surface area contributed by atoms with E-state index in [0.29, 0.717) is 47.9 Å². The molecule has 0 spiro atoms. The van der Waals surface area contributed by atoms with Crippen LogP contribution in [0, 0.1) is 5.82 Å². The van der Waals surface area contributed by atoms with E-state index in [1.807, 2.05) is 13.0 Å². The van der Waals surface area contributed by atoms with Crippen molar-refractivity contribution in [2.75, 3.05) is 24.7 Å². The molecule has 0 bridgehead atoms. The van der Waals surface area contributed by atoms with Gasteiger partial charge in [-0.2, -0.15) is 0 Å². The predicted molar refractivity (Wildman–Crippen MR) is 133 cm³/mol. The molecule has 0 aromatic heterocycles. The molecule has 6 nitrogen and oxygen atoms in total. The third-order valence-corrected chi connectivity index (χ3v) is 5.54. The van der Waals surface area contributed by atoms with Crippen LogP contribution in [-0.4, -0.2) is 31.6 Å². The van der Waals surface area contributed by atoms with Gasteiger partial charge >= 0.3 is 0 Å². The topological polar surface area (TPSA) is 67.9 Å². The second-order valence-electron chi connectivity index (χ2n) is 7.99. The first-order valence-electron chi connectivity index (χ1n) is 11.6. The van der Waals surface area contributed by atoms with Crippen molar-refractivity contribution in [2.24, 2.45) is 0 Å². The van der Waals surface area contributed by atoms with Gasteiger partial charge in [-0.25, -0.2) is 4.39 Å². The van der Waals surface area contributed by atoms with Crippen molar-refractivity contribution < 1.29 is 23.5 Å². The van der Waals surface area contributed by atoms with E-state index in [4.69, 9.17) is 9.47 Å². The summed E-state index contributed by atoms with van der Waals surface area (Å²) in [6, 6.07) is 20.4. The van der Waals surface area contributed by atoms with Gasteiger partial charge in [-0.1, -0.05) is 42.5 Å². The number of para-hydroxylation sites is 2. The molecule has 2 amide bonds. The second kappa shape index (κ2) is 11.4. The Morgan fingerprint density at radius 3 is 2.57 bits per heavy atom. The van der Waals surface area contributed by atoms with E-state index < -0.39 is 0 Å². The molecule has 0 unspecified atom stereocenters. The summed E-state index contributed by atoms with van der Waals surface area (Å²) in [7, 11) is 0. The summed E-state index contributed by atoms with van der Waals surface area (Å²) >= 11 is 0. The zero-order valence-electron chi connectivity index (χ0n) is 19.5. The molecule has 0 aliphatic carbocycles. The fraction of sp³-hybridized carbons (Fsp3) is 0.214. The lowest BCUT2D eigenvalue weighted by Gasteiger charge is -2.30. The molecule has 180 valence electrons. The molecule has 0 fully saturated rings. The Hall–Kier alpha value is -3.97. The Balaban J connectivity index is 1.51. The van der Waals surface area contributed by atoms with Crippen molar-refractivity contribution in [3.8, 4) is 5.75 Å². The Labute approximate surface area is 204 Å². The second-order valence-corrected chi connectivity index (χ2v) is 7.99. The highest BCUT2D eigenvalue weighted by Crippen LogP contribution is 2.36. The van der Waals surface area contributed by atoms with Crippen LogP contribution in [0.5, 0.6) is 5.75 Å². The van der Waals surface area contributed by atoms with Gasteiger partial charge in [0.25, 0.3) is 11.8 Å². The first kappa shape index (κ1) is 24.2. The summed E-state index contributed by atoms with van der Waals surface area (Å²) in [5.41, 5.74) is 2.21. The van der Waals surface area contributed by atoms with Crippen molar-refractivity contribution in [3.63, 3.8) is 0 Å². The molecule has 1 aliphatic rings. The minimum atomic E-state index is -0.374. The number of halogens is 1. The quantitative estimate of drug-likeness (QED) is 0.352. The van der Waals surface area contributed by atoms with Gasteiger partial charge in [0.2, 0.25) is 0 Å². The van der Waals surface area contributed by atoms with Crippen LogP contribution in [0.4, 0.5) is 10.1 Å². The maximum absolute atomic E-state index is 14.3. The average Bonchev–Trinajstić information content (AvgIpc) is 2.88. The number of carbonyl (C=O) groups is 2. The molecular formula is C28H27FN2O4. The first-order chi connectivity index (χ1) is 17.1. The molecule has 3 aromatic rings. The monoisotopic (exact) mass is 474 g/mol. The largest absolute Gasteiger partial charge is 0.449 e. The zero-order chi connectivity index (χ0) is 24.6. The minimum absolute atomic E-state index is 0.0750. The fourth-order valence-electron chi connectivity index (χ4n) is 3.72. The number of benzene rings is 3. The first-order valence-corrected chi connectivity index (χ1v) is 11.6. The molecule has 4 rings (SSSR count). The van der Waals surface area contributed by atoms with Crippen LogP contribution >= 0.6 is 0 Å². The highest BCUT2D eigenvalue weighted by molar-refractivity contribution is 6.09. The number of nitrogens with zero attached hydrogens (tertiary/aromatic N) is 1. The standard InChI is InChI=1S/C28H27FN2O4/c1-2-34-17-7-16-30-27(32)21-14-12-20(13-15-21)18-26-28(33)31(19-22-8-3-4-9-23(22)29)24-10-5-6-11-25(24)35-26/h3-6,8-15,18H,2,7,16-17,19H2,1H3,(H,30,32)/b26-18-. The lowest BCUT2D eigenvalue weighted by atomic mass is 10.1. The number of nitrogens with one attached hydrogen (secondary N) is 1. The van der Waals surface area contributed by atoms with Crippen LogP contribution < -0.4 is 15.0 Å². The number of carbonyl (C=O) groups excluding carboxylic acids is 2. The van der Waals surface area contributed by atoms with Crippen molar-refractivity contribution in [1.29, 1.82) is 0 Å². The van der Waals surface area contributed by atoms with Crippen LogP contribution in [-0.2, 0) is 16.1 Å². The summed E-state index contributed by atoms with van der Waals surface area (Å²) in [6.45, 7) is 3.80. The lowest BCUT2D eigenvalue weighted by molar-refractivity contribution is -0.117. The van der Waals surface area contributed by atoms with E-state index in [0.717, 1.165) is 6.42 Å². The van der Waals surface area contributed by atoms with Gasteiger partial charge in [0.1, 0.15) is 5.82 Å². The molecular weight excluding hydrogens is 447 g/mol. The molecule has 7 heteroatoms. The number of rotatable bonds is 9. The van der Waals surface area contributed by atoms with Crippen molar-refractivity contribution in [2.45, 2.75) is 19.9 Å². The van der Waals surface area contributed by atoms with E-state index in [1.165, 1.54) is 11.0 Å². The highest BCUT2D eigenvalue weighted by atomic mass is 19.1. The van der Waals surface area contributed by atoms with Crippen molar-refractivity contribution >= 4 is 23.6 Å². The number of hydrogen-bond acceptors (Lipinski definition) is 4. The SMILES string of the molecule is CCOCCCNC(=O)c1ccc(/C=C2\Oc3ccccc3N(Cc3ccccc3F)C2=O)cc1. The molecule has 1 aliphatic heterocycles. The Morgan fingerprint density at radius 2 is 1.80 bits per heavy atom. The van der Waals surface area contributed by atoms with E-state index in [9.17, 15) is 14.0 Å². The molecule has 1 heterocycles. The summed E-state index contributed by atoms with van der Waals surface area (Å²) < 4.78 is 25.5. The third kappa shape index (κ3) is 5.94. The maximum Gasteiger partial charge on any atom is 0.294 e. The average molecular weight is 475 g/mol. The van der Waals surface area contributed by atoms with Crippen LogP contribution in [0.1, 0.15) is 34.8 Å². The Morgan fingerprint density at radius 1 is 1.06 bits per heavy atom. The summed E-state index contributed by atoms with van der Waals surface area (Å²) in [5, 5.41) is 2.86. The zero-order valence-corrected chi connectivity index (χ0v) is 19.5.